The molecule has 0 fully saturated rings. The van der Waals surface area contributed by atoms with Gasteiger partial charge in [-0.25, -0.2) is 4.79 Å². The second kappa shape index (κ2) is 3.25. The van der Waals surface area contributed by atoms with E-state index in [9.17, 15) is 4.79 Å². The van der Waals surface area contributed by atoms with Crippen LogP contribution < -0.4 is 4.90 Å². The van der Waals surface area contributed by atoms with Crippen molar-refractivity contribution < 1.29 is 9.32 Å². The number of hydrogen-bond donors (Lipinski definition) is 0. The van der Waals surface area contributed by atoms with Crippen LogP contribution >= 0.6 is 0 Å². The monoisotopic (exact) mass is 169 g/mol. The number of urea groups is 1. The molecular formula is C7H11N3O2. The molecule has 0 saturated carbocycles. The molecule has 2 amide bonds. The molecular weight excluding hydrogens is 158 g/mol. The summed E-state index contributed by atoms with van der Waals surface area (Å²) in [4.78, 5) is 14.2. The molecule has 1 rings (SSSR count). The second-order valence-corrected chi connectivity index (χ2v) is 2.59. The average molecular weight is 169 g/mol. The SMILES string of the molecule is CN(C)C(=O)N(C)c1ccon1. The zero-order valence-electron chi connectivity index (χ0n) is 7.31. The zero-order chi connectivity index (χ0) is 9.14. The molecule has 66 valence electrons. The van der Waals surface area contributed by atoms with Gasteiger partial charge in [0.05, 0.1) is 0 Å². The zero-order valence-corrected chi connectivity index (χ0v) is 7.31. The van der Waals surface area contributed by atoms with E-state index >= 15 is 0 Å². The molecule has 12 heavy (non-hydrogen) atoms. The van der Waals surface area contributed by atoms with Crippen molar-refractivity contribution in [1.29, 1.82) is 0 Å². The second-order valence-electron chi connectivity index (χ2n) is 2.59. The normalized spacial score (nSPS) is 9.58. The summed E-state index contributed by atoms with van der Waals surface area (Å²) in [6, 6.07) is 1.49. The van der Waals surface area contributed by atoms with Crippen molar-refractivity contribution in [3.63, 3.8) is 0 Å². The topological polar surface area (TPSA) is 49.6 Å². The minimum atomic E-state index is -0.135. The fourth-order valence-corrected chi connectivity index (χ4v) is 0.777. The summed E-state index contributed by atoms with van der Waals surface area (Å²) >= 11 is 0. The molecule has 0 saturated heterocycles. The van der Waals surface area contributed by atoms with E-state index in [4.69, 9.17) is 0 Å². The summed E-state index contributed by atoms with van der Waals surface area (Å²) in [6.07, 6.45) is 1.43. The Hall–Kier alpha value is -1.52. The fourth-order valence-electron chi connectivity index (χ4n) is 0.777. The van der Waals surface area contributed by atoms with Gasteiger partial charge in [-0.3, -0.25) is 4.90 Å². The van der Waals surface area contributed by atoms with Gasteiger partial charge in [-0.05, 0) is 0 Å². The van der Waals surface area contributed by atoms with Gasteiger partial charge in [0.1, 0.15) is 6.26 Å². The van der Waals surface area contributed by atoms with Crippen molar-refractivity contribution >= 4 is 11.8 Å². The maximum Gasteiger partial charge on any atom is 0.324 e. The molecule has 5 nitrogen and oxygen atoms in total. The molecule has 0 spiro atoms. The molecule has 5 heteroatoms. The first-order chi connectivity index (χ1) is 5.63. The Kier molecular flexibility index (Phi) is 2.32. The number of anilines is 1. The third-order valence-electron chi connectivity index (χ3n) is 1.44. The Morgan fingerprint density at radius 2 is 2.17 bits per heavy atom. The van der Waals surface area contributed by atoms with Gasteiger partial charge >= 0.3 is 6.03 Å². The lowest BCUT2D eigenvalue weighted by molar-refractivity contribution is 0.225. The Bertz CT molecular complexity index is 256. The standard InChI is InChI=1S/C7H11N3O2/c1-9(2)7(11)10(3)6-4-5-12-8-6/h4-5H,1-3H3. The number of aromatic nitrogens is 1. The van der Waals surface area contributed by atoms with Gasteiger partial charge < -0.3 is 9.42 Å². The van der Waals surface area contributed by atoms with Crippen LogP contribution in [0.3, 0.4) is 0 Å². The molecule has 1 heterocycles. The largest absolute Gasteiger partial charge is 0.363 e. The van der Waals surface area contributed by atoms with Gasteiger partial charge in [-0.2, -0.15) is 0 Å². The van der Waals surface area contributed by atoms with Crippen LogP contribution in [0.1, 0.15) is 0 Å². The van der Waals surface area contributed by atoms with Crippen LogP contribution in [-0.2, 0) is 0 Å². The summed E-state index contributed by atoms with van der Waals surface area (Å²) in [5.41, 5.74) is 0. The number of hydrogen-bond acceptors (Lipinski definition) is 3. The molecule has 1 aromatic rings. The molecule has 0 atom stereocenters. The van der Waals surface area contributed by atoms with Crippen LogP contribution in [0.15, 0.2) is 16.9 Å². The molecule has 0 radical (unpaired) electrons. The third kappa shape index (κ3) is 1.55. The van der Waals surface area contributed by atoms with Crippen molar-refractivity contribution in [1.82, 2.24) is 10.1 Å². The minimum absolute atomic E-state index is 0.135. The molecule has 0 aliphatic heterocycles. The van der Waals surface area contributed by atoms with Gasteiger partial charge in [0.2, 0.25) is 0 Å². The van der Waals surface area contributed by atoms with Gasteiger partial charge in [0.15, 0.2) is 5.82 Å². The van der Waals surface area contributed by atoms with E-state index in [1.165, 1.54) is 16.1 Å². The quantitative estimate of drug-likeness (QED) is 0.624. The Morgan fingerprint density at radius 1 is 1.50 bits per heavy atom. The predicted molar refractivity (Wildman–Crippen MR) is 44.0 cm³/mol. The number of amides is 2. The van der Waals surface area contributed by atoms with Crippen LogP contribution in [0.5, 0.6) is 0 Å². The highest BCUT2D eigenvalue weighted by molar-refractivity contribution is 5.89. The highest BCUT2D eigenvalue weighted by Crippen LogP contribution is 2.08. The van der Waals surface area contributed by atoms with E-state index in [2.05, 4.69) is 9.68 Å². The Labute approximate surface area is 70.5 Å². The van der Waals surface area contributed by atoms with Crippen LogP contribution in [0.4, 0.5) is 10.6 Å². The van der Waals surface area contributed by atoms with Crippen molar-refractivity contribution in [3.8, 4) is 0 Å². The summed E-state index contributed by atoms with van der Waals surface area (Å²) in [5.74, 6) is 0.508. The fraction of sp³-hybridized carbons (Fsp3) is 0.429. The van der Waals surface area contributed by atoms with Crippen molar-refractivity contribution in [2.24, 2.45) is 0 Å². The lowest BCUT2D eigenvalue weighted by Gasteiger charge is -2.18. The summed E-state index contributed by atoms with van der Waals surface area (Å²) in [6.45, 7) is 0. The van der Waals surface area contributed by atoms with Crippen molar-refractivity contribution in [3.05, 3.63) is 12.3 Å². The van der Waals surface area contributed by atoms with Crippen LogP contribution in [0.2, 0.25) is 0 Å². The van der Waals surface area contributed by atoms with Gasteiger partial charge in [0.25, 0.3) is 0 Å². The van der Waals surface area contributed by atoms with Gasteiger partial charge in [-0.15, -0.1) is 0 Å². The molecule has 0 aliphatic carbocycles. The number of rotatable bonds is 1. The molecule has 0 N–H and O–H groups in total. The molecule has 0 bridgehead atoms. The number of carbonyl (C=O) groups is 1. The molecule has 0 unspecified atom stereocenters. The molecule has 0 aromatic carbocycles. The van der Waals surface area contributed by atoms with Crippen molar-refractivity contribution in [2.75, 3.05) is 26.0 Å². The molecule has 1 aromatic heterocycles. The number of nitrogens with zero attached hydrogens (tertiary/aromatic N) is 3. The first-order valence-corrected chi connectivity index (χ1v) is 3.48. The van der Waals surface area contributed by atoms with E-state index in [1.54, 1.807) is 27.2 Å². The maximum absolute atomic E-state index is 11.3. The molecule has 0 aliphatic rings. The van der Waals surface area contributed by atoms with E-state index in [0.717, 1.165) is 0 Å². The lowest BCUT2D eigenvalue weighted by atomic mass is 10.5. The van der Waals surface area contributed by atoms with Crippen LogP contribution in [-0.4, -0.2) is 37.2 Å². The van der Waals surface area contributed by atoms with E-state index in [0.29, 0.717) is 5.82 Å². The average Bonchev–Trinajstić information content (AvgIpc) is 2.53. The van der Waals surface area contributed by atoms with E-state index in [1.807, 2.05) is 0 Å². The van der Waals surface area contributed by atoms with Gasteiger partial charge in [-0.1, -0.05) is 5.16 Å². The summed E-state index contributed by atoms with van der Waals surface area (Å²) in [7, 11) is 5.00. The van der Waals surface area contributed by atoms with E-state index in [-0.39, 0.29) is 6.03 Å². The van der Waals surface area contributed by atoms with Crippen LogP contribution in [0.25, 0.3) is 0 Å². The lowest BCUT2D eigenvalue weighted by Crippen LogP contribution is -2.36. The Balaban J connectivity index is 2.72. The minimum Gasteiger partial charge on any atom is -0.363 e. The summed E-state index contributed by atoms with van der Waals surface area (Å²) < 4.78 is 4.60. The highest BCUT2D eigenvalue weighted by Gasteiger charge is 2.14. The van der Waals surface area contributed by atoms with Crippen molar-refractivity contribution in [2.45, 2.75) is 0 Å². The van der Waals surface area contributed by atoms with E-state index < -0.39 is 0 Å². The highest BCUT2D eigenvalue weighted by atomic mass is 16.5. The van der Waals surface area contributed by atoms with Crippen LogP contribution in [0, 0.1) is 0 Å². The maximum atomic E-state index is 11.3. The van der Waals surface area contributed by atoms with Gasteiger partial charge in [0, 0.05) is 27.2 Å². The number of carbonyl (C=O) groups excluding carboxylic acids is 1. The first-order valence-electron chi connectivity index (χ1n) is 3.48. The Morgan fingerprint density at radius 3 is 2.58 bits per heavy atom. The first kappa shape index (κ1) is 8.58. The predicted octanol–water partition coefficient (Wildman–Crippen LogP) is 0.792. The smallest absolute Gasteiger partial charge is 0.324 e. The summed E-state index contributed by atoms with van der Waals surface area (Å²) in [5, 5.41) is 3.62. The third-order valence-corrected chi connectivity index (χ3v) is 1.44.